The largest absolute Gasteiger partial charge is 1.00 e. The van der Waals surface area contributed by atoms with Gasteiger partial charge in [0.25, 0.3) is 0 Å². The number of nitrogens with two attached hydrogens (primary N) is 1. The number of hydrogen-bond acceptors (Lipinski definition) is 6. The molecule has 0 radical (unpaired) electrons. The predicted octanol–water partition coefficient (Wildman–Crippen LogP) is -0.328. The summed E-state index contributed by atoms with van der Waals surface area (Å²) in [6.07, 6.45) is 12.1. The number of benzene rings is 3. The molecule has 0 amide bonds. The molecular formula is C37H45Cl2N4O3S-. The van der Waals surface area contributed by atoms with Crippen LogP contribution < -0.4 is 49.7 Å². The van der Waals surface area contributed by atoms with Gasteiger partial charge in [0.15, 0.2) is 6.54 Å². The van der Waals surface area contributed by atoms with Crippen LogP contribution in [0.2, 0.25) is 0 Å². The highest BCUT2D eigenvalue weighted by Crippen LogP contribution is 2.43. The summed E-state index contributed by atoms with van der Waals surface area (Å²) in [7, 11) is -3.86. The molecule has 0 atom stereocenters. The number of anilines is 2. The summed E-state index contributed by atoms with van der Waals surface area (Å²) in [5.41, 5.74) is 15.5. The zero-order chi connectivity index (χ0) is 30.5. The number of aryl methyl sites for hydroxylation is 4. The van der Waals surface area contributed by atoms with Crippen molar-refractivity contribution in [1.29, 1.82) is 0 Å². The molecule has 0 saturated heterocycles. The summed E-state index contributed by atoms with van der Waals surface area (Å²) >= 11 is 0. The molecule has 4 aromatic rings. The van der Waals surface area contributed by atoms with Gasteiger partial charge >= 0.3 is 10.0 Å². The van der Waals surface area contributed by atoms with Gasteiger partial charge < -0.3 is 44.8 Å². The van der Waals surface area contributed by atoms with Gasteiger partial charge in [-0.3, -0.25) is 0 Å². The molecule has 0 unspecified atom stereocenters. The maximum Gasteiger partial charge on any atom is 0.395 e. The lowest BCUT2D eigenvalue weighted by Gasteiger charge is -2.38. The molecule has 252 valence electrons. The third-order valence-electron chi connectivity index (χ3n) is 10.6. The Hall–Kier alpha value is -2.78. The van der Waals surface area contributed by atoms with E-state index < -0.39 is 10.0 Å². The first-order chi connectivity index (χ1) is 22.1. The minimum atomic E-state index is -3.86. The van der Waals surface area contributed by atoms with Crippen molar-refractivity contribution in [2.75, 3.05) is 49.1 Å². The minimum Gasteiger partial charge on any atom is -1.00 e. The van der Waals surface area contributed by atoms with Gasteiger partial charge in [-0.25, -0.2) is 0 Å². The monoisotopic (exact) mass is 695 g/mol. The maximum atomic E-state index is 14.8. The first kappa shape index (κ1) is 34.1. The molecule has 1 aromatic heterocycles. The Kier molecular flexibility index (Phi) is 10.1. The first-order valence-corrected chi connectivity index (χ1v) is 18.7. The van der Waals surface area contributed by atoms with E-state index in [1.807, 2.05) is 18.2 Å². The van der Waals surface area contributed by atoms with Gasteiger partial charge in [-0.1, -0.05) is 24.6 Å². The molecule has 0 bridgehead atoms. The van der Waals surface area contributed by atoms with Crippen molar-refractivity contribution in [2.45, 2.75) is 81.9 Å². The maximum absolute atomic E-state index is 14.8. The topological polar surface area (TPSA) is 82.8 Å². The first-order valence-electron chi connectivity index (χ1n) is 17.3. The number of halogens is 2. The fourth-order valence-corrected chi connectivity index (χ4v) is 10.1. The van der Waals surface area contributed by atoms with Crippen molar-refractivity contribution in [1.82, 2.24) is 3.98 Å². The number of rotatable bonds is 8. The Morgan fingerprint density at radius 2 is 1.21 bits per heavy atom. The van der Waals surface area contributed by atoms with Crippen LogP contribution in [0.3, 0.4) is 0 Å². The van der Waals surface area contributed by atoms with Crippen molar-refractivity contribution < 1.29 is 37.6 Å². The van der Waals surface area contributed by atoms with Crippen LogP contribution in [0.25, 0.3) is 21.9 Å². The number of hydrogen-bond donors (Lipinski definition) is 1. The summed E-state index contributed by atoms with van der Waals surface area (Å²) < 4.78 is 38.5. The van der Waals surface area contributed by atoms with E-state index in [1.54, 1.807) is 16.1 Å². The van der Waals surface area contributed by atoms with Crippen LogP contribution in [-0.2, 0) is 35.7 Å². The fraction of sp³-hybridized carbons (Fsp3) is 0.486. The van der Waals surface area contributed by atoms with E-state index in [0.29, 0.717) is 18.0 Å². The summed E-state index contributed by atoms with van der Waals surface area (Å²) in [5, 5.41) is 2.73. The van der Waals surface area contributed by atoms with Crippen molar-refractivity contribution >= 4 is 43.3 Å². The highest BCUT2D eigenvalue weighted by atomic mass is 35.5. The summed E-state index contributed by atoms with van der Waals surface area (Å²) in [4.78, 5) is 5.43. The van der Waals surface area contributed by atoms with Crippen LogP contribution >= 0.6 is 0 Å². The molecule has 10 heteroatoms. The predicted molar refractivity (Wildman–Crippen MR) is 183 cm³/mol. The molecule has 5 heterocycles. The molecule has 7 nitrogen and oxygen atoms in total. The van der Waals surface area contributed by atoms with Crippen LogP contribution in [-0.4, -0.2) is 47.7 Å². The Labute approximate surface area is 290 Å². The molecule has 8 rings (SSSR count). The van der Waals surface area contributed by atoms with E-state index in [2.05, 4.69) is 21.9 Å². The van der Waals surface area contributed by atoms with E-state index in [4.69, 9.17) is 10.2 Å². The molecule has 4 aliphatic heterocycles. The average molecular weight is 697 g/mol. The van der Waals surface area contributed by atoms with Crippen LogP contribution in [0.1, 0.15) is 73.6 Å². The lowest BCUT2D eigenvalue weighted by molar-refractivity contribution is -0.00100. The van der Waals surface area contributed by atoms with E-state index >= 15 is 0 Å². The van der Waals surface area contributed by atoms with Gasteiger partial charge in [0, 0.05) is 55.1 Å². The van der Waals surface area contributed by atoms with E-state index in [-0.39, 0.29) is 24.8 Å². The molecule has 4 aliphatic rings. The molecule has 0 saturated carbocycles. The van der Waals surface area contributed by atoms with Gasteiger partial charge in [0.1, 0.15) is 16.1 Å². The third-order valence-corrected chi connectivity index (χ3v) is 12.4. The average Bonchev–Trinajstić information content (AvgIpc) is 3.07. The second-order valence-electron chi connectivity index (χ2n) is 13.4. The highest BCUT2D eigenvalue weighted by Gasteiger charge is 2.35. The molecule has 0 fully saturated rings. The minimum absolute atomic E-state index is 0. The Morgan fingerprint density at radius 3 is 1.74 bits per heavy atom. The summed E-state index contributed by atoms with van der Waals surface area (Å²) in [6, 6.07) is 13.6. The lowest BCUT2D eigenvalue weighted by atomic mass is 9.87. The van der Waals surface area contributed by atoms with Crippen LogP contribution in [0.4, 0.5) is 11.4 Å². The lowest BCUT2D eigenvalue weighted by Crippen LogP contribution is -3.00. The summed E-state index contributed by atoms with van der Waals surface area (Å²) in [5.74, 6) is 0. The van der Waals surface area contributed by atoms with Gasteiger partial charge in [-0.15, -0.1) is 3.98 Å². The van der Waals surface area contributed by atoms with E-state index in [9.17, 15) is 8.42 Å². The van der Waals surface area contributed by atoms with Crippen molar-refractivity contribution in [3.8, 4) is 0 Å². The quantitative estimate of drug-likeness (QED) is 0.155. The number of fused-ring (bicyclic) bond motifs is 4. The van der Waals surface area contributed by atoms with Crippen LogP contribution in [0, 0.1) is 0 Å². The normalized spacial score (nSPS) is 16.7. The Balaban J connectivity index is 0.00000193. The number of unbranched alkanes of at least 4 members (excludes halogenated alkanes) is 3. The van der Waals surface area contributed by atoms with E-state index in [0.717, 1.165) is 131 Å². The van der Waals surface area contributed by atoms with Gasteiger partial charge in [-0.2, -0.15) is 8.42 Å². The van der Waals surface area contributed by atoms with Crippen molar-refractivity contribution in [2.24, 2.45) is 5.73 Å². The second kappa shape index (κ2) is 14.0. The molecule has 3 aromatic carbocycles. The van der Waals surface area contributed by atoms with Crippen molar-refractivity contribution in [3.05, 3.63) is 70.1 Å². The van der Waals surface area contributed by atoms with Crippen LogP contribution in [0.15, 0.2) is 51.8 Å². The zero-order valence-corrected chi connectivity index (χ0v) is 29.4. The smallest absolute Gasteiger partial charge is 0.395 e. The van der Waals surface area contributed by atoms with Crippen LogP contribution in [0.5, 0.6) is 0 Å². The molecular weight excluding hydrogens is 651 g/mol. The SMILES string of the molecule is NCCCCCC[N+](=c1c2cc3c4c(c2oc2c5c6c(cc12)CCCN6CCC5)CCCN4CCC3)S(=O)(=O)c1ccccc1.[Cl-].[Cl-]. The van der Waals surface area contributed by atoms with Gasteiger partial charge in [0.05, 0.1) is 10.8 Å². The Bertz CT molecular complexity index is 1880. The number of nitrogens with zero attached hydrogens (tertiary/aromatic N) is 3. The van der Waals surface area contributed by atoms with Crippen molar-refractivity contribution in [3.63, 3.8) is 0 Å². The summed E-state index contributed by atoms with van der Waals surface area (Å²) in [6.45, 7) is 5.41. The number of sulfonamides is 1. The van der Waals surface area contributed by atoms with Gasteiger partial charge in [0.2, 0.25) is 5.36 Å². The molecule has 0 spiro atoms. The molecule has 0 aliphatic carbocycles. The molecule has 2 N–H and O–H groups in total. The highest BCUT2D eigenvalue weighted by molar-refractivity contribution is 7.89. The fourth-order valence-electron chi connectivity index (χ4n) is 8.59. The molecule has 47 heavy (non-hydrogen) atoms. The van der Waals surface area contributed by atoms with E-state index in [1.165, 1.54) is 33.6 Å². The third kappa shape index (κ3) is 5.83. The van der Waals surface area contributed by atoms with Gasteiger partial charge in [-0.05, 0) is 106 Å². The zero-order valence-electron chi connectivity index (χ0n) is 27.1. The standard InChI is InChI=1S/C37H45N4O3S.2ClH/c38-18-6-1-2-7-23-41(45(42,43)28-14-4-3-5-15-28)35-31-24-26-12-8-19-39-21-10-16-29(33(26)39)36(31)44-37-30-17-11-22-40-20-9-13-27(34(30)40)25-32(35)37;;/h3-5,14-15,24-25H,1-2,6-13,16-23,38H2;2*1H/q+1;;/p-2. The second-order valence-corrected chi connectivity index (χ2v) is 15.3. The Morgan fingerprint density at radius 1 is 0.702 bits per heavy atom.